The van der Waals surface area contributed by atoms with Gasteiger partial charge in [0.2, 0.25) is 5.89 Å². The van der Waals surface area contributed by atoms with E-state index in [9.17, 15) is 0 Å². The Hall–Kier alpha value is -1.68. The molecule has 1 aliphatic carbocycles. The third kappa shape index (κ3) is 2.14. The quantitative estimate of drug-likeness (QED) is 0.931. The third-order valence-electron chi connectivity index (χ3n) is 4.40. The maximum absolute atomic E-state index is 6.38. The number of nitrogens with zero attached hydrogens (tertiary/aromatic N) is 2. The summed E-state index contributed by atoms with van der Waals surface area (Å²) in [6.45, 7) is 4.21. The Bertz CT molecular complexity index is 583. The molecule has 0 atom stereocenters. The molecule has 2 N–H and O–H groups in total. The smallest absolute Gasteiger partial charge is 0.246 e. The van der Waals surface area contributed by atoms with Gasteiger partial charge in [-0.2, -0.15) is 4.98 Å². The van der Waals surface area contributed by atoms with Gasteiger partial charge in [-0.1, -0.05) is 48.3 Å². The van der Waals surface area contributed by atoms with Gasteiger partial charge in [-0.25, -0.2) is 0 Å². The summed E-state index contributed by atoms with van der Waals surface area (Å²) in [6, 6.07) is 10.2. The second kappa shape index (κ2) is 4.70. The van der Waals surface area contributed by atoms with Crippen LogP contribution in [0.15, 0.2) is 34.9 Å². The van der Waals surface area contributed by atoms with Crippen molar-refractivity contribution in [2.24, 2.45) is 5.73 Å². The third-order valence-corrected chi connectivity index (χ3v) is 4.40. The molecule has 1 aromatic heterocycles. The summed E-state index contributed by atoms with van der Waals surface area (Å²) in [6.07, 6.45) is 4.13. The zero-order valence-corrected chi connectivity index (χ0v) is 12.1. The van der Waals surface area contributed by atoms with Crippen molar-refractivity contribution in [2.75, 3.05) is 0 Å². The molecule has 0 saturated heterocycles. The molecule has 1 saturated carbocycles. The van der Waals surface area contributed by atoms with Crippen LogP contribution in [0.5, 0.6) is 0 Å². The van der Waals surface area contributed by atoms with Gasteiger partial charge in [0, 0.05) is 0 Å². The molecular formula is C16H21N3O. The monoisotopic (exact) mass is 271 g/mol. The van der Waals surface area contributed by atoms with Gasteiger partial charge in [0.25, 0.3) is 0 Å². The summed E-state index contributed by atoms with van der Waals surface area (Å²) in [5, 5.41) is 4.19. The Morgan fingerprint density at radius 2 is 1.80 bits per heavy atom. The molecule has 3 rings (SSSR count). The first-order valence-corrected chi connectivity index (χ1v) is 7.21. The highest BCUT2D eigenvalue weighted by atomic mass is 16.5. The second-order valence-electron chi connectivity index (χ2n) is 6.28. The van der Waals surface area contributed by atoms with Gasteiger partial charge < -0.3 is 10.3 Å². The molecule has 0 amide bonds. The molecule has 4 heteroatoms. The molecule has 0 unspecified atom stereocenters. The van der Waals surface area contributed by atoms with Crippen LogP contribution < -0.4 is 5.73 Å². The van der Waals surface area contributed by atoms with Crippen LogP contribution in [0.1, 0.15) is 56.8 Å². The predicted octanol–water partition coefficient (Wildman–Crippen LogP) is 3.12. The van der Waals surface area contributed by atoms with Gasteiger partial charge in [-0.15, -0.1) is 0 Å². The van der Waals surface area contributed by atoms with Crippen molar-refractivity contribution in [3.63, 3.8) is 0 Å². The molecular weight excluding hydrogens is 250 g/mol. The number of hydrogen-bond donors (Lipinski definition) is 1. The van der Waals surface area contributed by atoms with Crippen molar-refractivity contribution < 1.29 is 4.52 Å². The molecule has 2 aromatic rings. The van der Waals surface area contributed by atoms with E-state index in [1.165, 1.54) is 5.56 Å². The Kier molecular flexibility index (Phi) is 3.13. The fraction of sp³-hybridized carbons (Fsp3) is 0.500. The largest absolute Gasteiger partial charge is 0.337 e. The van der Waals surface area contributed by atoms with Crippen LogP contribution in [0, 0.1) is 0 Å². The van der Waals surface area contributed by atoms with E-state index < -0.39 is 5.54 Å². The lowest BCUT2D eigenvalue weighted by molar-refractivity contribution is 0.282. The summed E-state index contributed by atoms with van der Waals surface area (Å²) in [5.74, 6) is 1.30. The number of nitrogens with two attached hydrogens (primary N) is 1. The van der Waals surface area contributed by atoms with Gasteiger partial charge in [0.1, 0.15) is 0 Å². The van der Waals surface area contributed by atoms with Gasteiger partial charge in [-0.05, 0) is 32.3 Å². The molecule has 0 radical (unpaired) electrons. The average molecular weight is 271 g/mol. The van der Waals surface area contributed by atoms with E-state index in [0.29, 0.717) is 11.7 Å². The highest BCUT2D eigenvalue weighted by molar-refractivity contribution is 5.30. The maximum Gasteiger partial charge on any atom is 0.246 e. The molecule has 106 valence electrons. The molecule has 1 fully saturated rings. The first-order valence-electron chi connectivity index (χ1n) is 7.21. The van der Waals surface area contributed by atoms with E-state index in [-0.39, 0.29) is 5.41 Å². The number of aromatic nitrogens is 2. The highest BCUT2D eigenvalue weighted by Gasteiger charge is 2.38. The van der Waals surface area contributed by atoms with Crippen LogP contribution in [0.4, 0.5) is 0 Å². The van der Waals surface area contributed by atoms with Crippen LogP contribution >= 0.6 is 0 Å². The summed E-state index contributed by atoms with van der Waals surface area (Å²) >= 11 is 0. The van der Waals surface area contributed by atoms with E-state index in [0.717, 1.165) is 25.7 Å². The van der Waals surface area contributed by atoms with Crippen LogP contribution in [0.3, 0.4) is 0 Å². The maximum atomic E-state index is 6.38. The molecule has 1 aliphatic rings. The van der Waals surface area contributed by atoms with E-state index >= 15 is 0 Å². The molecule has 0 aliphatic heterocycles. The first-order chi connectivity index (χ1) is 9.52. The summed E-state index contributed by atoms with van der Waals surface area (Å²) in [7, 11) is 0. The van der Waals surface area contributed by atoms with E-state index in [4.69, 9.17) is 10.3 Å². The minimum absolute atomic E-state index is 0.280. The average Bonchev–Trinajstić information content (AvgIpc) is 3.09. The normalized spacial score (nSPS) is 18.4. The first kappa shape index (κ1) is 13.3. The molecule has 1 heterocycles. The van der Waals surface area contributed by atoms with Crippen molar-refractivity contribution in [1.29, 1.82) is 0 Å². The predicted molar refractivity (Wildman–Crippen MR) is 77.2 cm³/mol. The Labute approximate surface area is 119 Å². The zero-order valence-electron chi connectivity index (χ0n) is 12.1. The van der Waals surface area contributed by atoms with E-state index in [2.05, 4.69) is 36.1 Å². The van der Waals surface area contributed by atoms with E-state index in [1.54, 1.807) is 0 Å². The Balaban J connectivity index is 1.94. The summed E-state index contributed by atoms with van der Waals surface area (Å²) in [4.78, 5) is 4.61. The molecule has 1 aromatic carbocycles. The second-order valence-corrected chi connectivity index (χ2v) is 6.28. The standard InChI is InChI=1S/C16H21N3O/c1-15(2,12-8-4-3-5-9-12)13-18-14(20-19-13)16(17)10-6-7-11-16/h3-5,8-9H,6-7,10-11,17H2,1-2H3. The van der Waals surface area contributed by atoms with Crippen LogP contribution in [-0.2, 0) is 11.0 Å². The molecule has 4 nitrogen and oxygen atoms in total. The van der Waals surface area contributed by atoms with E-state index in [1.807, 2.05) is 18.2 Å². The van der Waals surface area contributed by atoms with Crippen LogP contribution in [-0.4, -0.2) is 10.1 Å². The number of rotatable bonds is 3. The van der Waals surface area contributed by atoms with Gasteiger partial charge in [0.15, 0.2) is 5.82 Å². The lowest BCUT2D eigenvalue weighted by Crippen LogP contribution is -2.33. The fourth-order valence-corrected chi connectivity index (χ4v) is 2.88. The molecule has 20 heavy (non-hydrogen) atoms. The lowest BCUT2D eigenvalue weighted by atomic mass is 9.84. The minimum atomic E-state index is -0.419. The van der Waals surface area contributed by atoms with Crippen molar-refractivity contribution in [1.82, 2.24) is 10.1 Å². The van der Waals surface area contributed by atoms with Crippen LogP contribution in [0.2, 0.25) is 0 Å². The number of hydrogen-bond acceptors (Lipinski definition) is 4. The van der Waals surface area contributed by atoms with Gasteiger partial charge >= 0.3 is 0 Å². The lowest BCUT2D eigenvalue weighted by Gasteiger charge is -2.21. The van der Waals surface area contributed by atoms with Crippen molar-refractivity contribution >= 4 is 0 Å². The molecule has 0 spiro atoms. The van der Waals surface area contributed by atoms with Gasteiger partial charge in [0.05, 0.1) is 11.0 Å². The fourth-order valence-electron chi connectivity index (χ4n) is 2.88. The zero-order chi connectivity index (χ0) is 14.2. The van der Waals surface area contributed by atoms with Crippen molar-refractivity contribution in [3.05, 3.63) is 47.6 Å². The topological polar surface area (TPSA) is 64.9 Å². The van der Waals surface area contributed by atoms with Gasteiger partial charge in [-0.3, -0.25) is 0 Å². The highest BCUT2D eigenvalue weighted by Crippen LogP contribution is 2.37. The SMILES string of the molecule is CC(C)(c1ccccc1)c1noc(C2(N)CCCC2)n1. The Morgan fingerprint density at radius 3 is 2.45 bits per heavy atom. The summed E-state index contributed by atoms with van der Waals surface area (Å²) in [5.41, 5.74) is 6.85. The summed E-state index contributed by atoms with van der Waals surface area (Å²) < 4.78 is 5.47. The molecule has 0 bridgehead atoms. The van der Waals surface area contributed by atoms with Crippen molar-refractivity contribution in [2.45, 2.75) is 50.5 Å². The Morgan fingerprint density at radius 1 is 1.15 bits per heavy atom. The van der Waals surface area contributed by atoms with Crippen LogP contribution in [0.25, 0.3) is 0 Å². The minimum Gasteiger partial charge on any atom is -0.337 e. The number of benzene rings is 1. The van der Waals surface area contributed by atoms with Crippen molar-refractivity contribution in [3.8, 4) is 0 Å².